The summed E-state index contributed by atoms with van der Waals surface area (Å²) in [7, 11) is 3.51. The highest BCUT2D eigenvalue weighted by Gasteiger charge is 2.27. The molecule has 1 aromatic carbocycles. The number of carbonyl (C=O) groups excluding carboxylic acids is 1. The number of para-hydroxylation sites is 1. The molecule has 2 N–H and O–H groups in total. The van der Waals surface area contributed by atoms with Crippen LogP contribution in [0.15, 0.2) is 29.3 Å². The summed E-state index contributed by atoms with van der Waals surface area (Å²) in [6.45, 7) is 0.822. The molecule has 0 spiro atoms. The van der Waals surface area contributed by atoms with Crippen LogP contribution >= 0.6 is 11.8 Å². The Morgan fingerprint density at radius 2 is 2.07 bits per heavy atom. The predicted molar refractivity (Wildman–Crippen MR) is 112 cm³/mol. The van der Waals surface area contributed by atoms with Crippen LogP contribution in [0.25, 0.3) is 0 Å². The number of aliphatic imine (C=N–C) groups is 1. The lowest BCUT2D eigenvalue weighted by atomic mass is 10.0. The van der Waals surface area contributed by atoms with E-state index in [9.17, 15) is 4.79 Å². The van der Waals surface area contributed by atoms with E-state index in [-0.39, 0.29) is 18.5 Å². The van der Waals surface area contributed by atoms with E-state index in [4.69, 9.17) is 4.74 Å². The number of nitrogens with zero attached hydrogens (tertiary/aromatic N) is 2. The van der Waals surface area contributed by atoms with Gasteiger partial charge in [-0.1, -0.05) is 18.2 Å². The summed E-state index contributed by atoms with van der Waals surface area (Å²) in [6.07, 6.45) is 6.54. The van der Waals surface area contributed by atoms with Gasteiger partial charge in [-0.15, -0.1) is 0 Å². The molecule has 0 radical (unpaired) electrons. The van der Waals surface area contributed by atoms with E-state index < -0.39 is 0 Å². The smallest absolute Gasteiger partial charge is 0.243 e. The zero-order chi connectivity index (χ0) is 19.2. The maximum Gasteiger partial charge on any atom is 0.243 e. The number of guanidine groups is 1. The van der Waals surface area contributed by atoms with E-state index in [1.165, 1.54) is 6.42 Å². The summed E-state index contributed by atoms with van der Waals surface area (Å²) < 4.78 is 5.76. The van der Waals surface area contributed by atoms with Crippen LogP contribution in [0.2, 0.25) is 0 Å². The molecule has 6 nitrogen and oxygen atoms in total. The second-order valence-corrected chi connectivity index (χ2v) is 8.47. The number of ether oxygens (including phenoxy) is 1. The number of rotatable bonds is 5. The quantitative estimate of drug-likeness (QED) is 0.597. The van der Waals surface area contributed by atoms with Gasteiger partial charge in [-0.3, -0.25) is 4.79 Å². The summed E-state index contributed by atoms with van der Waals surface area (Å²) in [4.78, 5) is 18.2. The Hall–Kier alpha value is -1.89. The third kappa shape index (κ3) is 5.31. The van der Waals surface area contributed by atoms with Crippen LogP contribution < -0.4 is 15.4 Å². The topological polar surface area (TPSA) is 66.0 Å². The Labute approximate surface area is 166 Å². The molecule has 1 amide bonds. The predicted octanol–water partition coefficient (Wildman–Crippen LogP) is 2.42. The molecule has 3 rings (SSSR count). The van der Waals surface area contributed by atoms with Gasteiger partial charge in [0, 0.05) is 37.4 Å². The van der Waals surface area contributed by atoms with Gasteiger partial charge < -0.3 is 20.3 Å². The van der Waals surface area contributed by atoms with E-state index in [1.807, 2.05) is 30.0 Å². The lowest BCUT2D eigenvalue weighted by molar-refractivity contribution is -0.127. The van der Waals surface area contributed by atoms with Gasteiger partial charge in [-0.05, 0) is 31.6 Å². The van der Waals surface area contributed by atoms with Crippen LogP contribution in [0.5, 0.6) is 5.75 Å². The van der Waals surface area contributed by atoms with Crippen LogP contribution in [0, 0.1) is 0 Å². The third-order valence-corrected chi connectivity index (χ3v) is 6.29. The number of hydrogen-bond donors (Lipinski definition) is 2. The van der Waals surface area contributed by atoms with Gasteiger partial charge in [0.1, 0.15) is 12.3 Å². The number of likely N-dealkylation sites (N-methyl/N-ethyl adjacent to an activating group) is 1. The first-order valence-corrected chi connectivity index (χ1v) is 10.9. The second kappa shape index (κ2) is 9.35. The first kappa shape index (κ1) is 19.9. The van der Waals surface area contributed by atoms with Crippen molar-refractivity contribution in [1.82, 2.24) is 15.5 Å². The minimum atomic E-state index is -0.00288. The molecule has 27 heavy (non-hydrogen) atoms. The van der Waals surface area contributed by atoms with Crippen LogP contribution in [0.3, 0.4) is 0 Å². The summed E-state index contributed by atoms with van der Waals surface area (Å²) in [5.74, 6) is 1.64. The number of hydrogen-bond acceptors (Lipinski definition) is 4. The van der Waals surface area contributed by atoms with Gasteiger partial charge in [0.05, 0.1) is 12.6 Å². The number of nitrogens with one attached hydrogen (secondary N) is 2. The second-order valence-electron chi connectivity index (χ2n) is 7.34. The highest BCUT2D eigenvalue weighted by atomic mass is 32.2. The van der Waals surface area contributed by atoms with Crippen LogP contribution in [0.1, 0.15) is 37.3 Å². The molecule has 1 aliphatic carbocycles. The average Bonchev–Trinajstić information content (AvgIpc) is 3.13. The Morgan fingerprint density at radius 3 is 2.81 bits per heavy atom. The molecular formula is C20H30N4O2S. The van der Waals surface area contributed by atoms with Crippen LogP contribution in [-0.2, 0) is 4.79 Å². The monoisotopic (exact) mass is 390 g/mol. The van der Waals surface area contributed by atoms with Gasteiger partial charge in [0.25, 0.3) is 0 Å². The van der Waals surface area contributed by atoms with Crippen LogP contribution in [0.4, 0.5) is 0 Å². The maximum absolute atomic E-state index is 12.0. The third-order valence-electron chi connectivity index (χ3n) is 5.20. The molecule has 3 unspecified atom stereocenters. The Kier molecular flexibility index (Phi) is 6.88. The van der Waals surface area contributed by atoms with Gasteiger partial charge in [0.15, 0.2) is 5.96 Å². The Morgan fingerprint density at radius 1 is 1.26 bits per heavy atom. The van der Waals surface area contributed by atoms with Gasteiger partial charge in [-0.2, -0.15) is 11.8 Å². The normalized spacial score (nSPS) is 24.7. The lowest BCUT2D eigenvalue weighted by Gasteiger charge is -2.29. The Balaban J connectivity index is 1.72. The van der Waals surface area contributed by atoms with E-state index in [2.05, 4.69) is 27.9 Å². The van der Waals surface area contributed by atoms with Crippen molar-refractivity contribution >= 4 is 23.6 Å². The minimum Gasteiger partial charge on any atom is -0.493 e. The fourth-order valence-electron chi connectivity index (χ4n) is 3.56. The molecule has 0 bridgehead atoms. The van der Waals surface area contributed by atoms with Crippen molar-refractivity contribution in [3.63, 3.8) is 0 Å². The molecule has 1 fully saturated rings. The van der Waals surface area contributed by atoms with E-state index in [0.717, 1.165) is 36.5 Å². The molecule has 7 heteroatoms. The molecule has 3 atom stereocenters. The van der Waals surface area contributed by atoms with Crippen LogP contribution in [-0.4, -0.2) is 61.6 Å². The molecule has 1 saturated carbocycles. The van der Waals surface area contributed by atoms with Crippen molar-refractivity contribution in [2.24, 2.45) is 4.99 Å². The molecular weight excluding hydrogens is 360 g/mol. The van der Waals surface area contributed by atoms with Gasteiger partial charge in [-0.25, -0.2) is 4.99 Å². The van der Waals surface area contributed by atoms with E-state index >= 15 is 0 Å². The van der Waals surface area contributed by atoms with Gasteiger partial charge in [0.2, 0.25) is 5.91 Å². The molecule has 0 aromatic heterocycles. The van der Waals surface area contributed by atoms with Crippen molar-refractivity contribution in [1.29, 1.82) is 0 Å². The summed E-state index contributed by atoms with van der Waals surface area (Å²) in [6, 6.07) is 8.65. The largest absolute Gasteiger partial charge is 0.493 e. The van der Waals surface area contributed by atoms with E-state index in [0.29, 0.717) is 17.9 Å². The number of amides is 1. The first-order chi connectivity index (χ1) is 13.1. The van der Waals surface area contributed by atoms with Crippen molar-refractivity contribution in [3.05, 3.63) is 29.8 Å². The molecule has 148 valence electrons. The van der Waals surface area contributed by atoms with E-state index in [1.54, 1.807) is 19.0 Å². The van der Waals surface area contributed by atoms with Gasteiger partial charge >= 0.3 is 0 Å². The fraction of sp³-hybridized carbons (Fsp3) is 0.600. The van der Waals surface area contributed by atoms with Crippen molar-refractivity contribution in [2.45, 2.75) is 43.0 Å². The molecule has 1 aliphatic heterocycles. The SMILES string of the molecule is CSC1CCC(NC(=NCC(=O)N(C)C)NC2CCOc3ccccc32)C1. The molecule has 1 heterocycles. The van der Waals surface area contributed by atoms with Crippen molar-refractivity contribution in [3.8, 4) is 5.75 Å². The average molecular weight is 391 g/mol. The molecule has 0 saturated heterocycles. The Bertz CT molecular complexity index is 680. The maximum atomic E-state index is 12.0. The standard InChI is InChI=1S/C20H30N4O2S/c1-24(2)19(25)13-21-20(22-14-8-9-15(12-14)27-3)23-17-10-11-26-18-7-5-4-6-16(17)18/h4-7,14-15,17H,8-13H2,1-3H3,(H2,21,22,23). The highest BCUT2D eigenvalue weighted by molar-refractivity contribution is 7.99. The van der Waals surface area contributed by atoms with Crippen molar-refractivity contribution < 1.29 is 9.53 Å². The molecule has 2 aliphatic rings. The summed E-state index contributed by atoms with van der Waals surface area (Å²) in [5, 5.41) is 7.82. The molecule has 1 aromatic rings. The zero-order valence-corrected chi connectivity index (χ0v) is 17.2. The number of carbonyl (C=O) groups is 1. The summed E-state index contributed by atoms with van der Waals surface area (Å²) >= 11 is 1.93. The number of thioether (sulfide) groups is 1. The minimum absolute atomic E-state index is 0.00288. The zero-order valence-electron chi connectivity index (χ0n) is 16.4. The first-order valence-electron chi connectivity index (χ1n) is 9.59. The highest BCUT2D eigenvalue weighted by Crippen LogP contribution is 2.32. The van der Waals surface area contributed by atoms with Crippen molar-refractivity contribution in [2.75, 3.05) is 33.5 Å². The number of fused-ring (bicyclic) bond motifs is 1. The summed E-state index contributed by atoms with van der Waals surface area (Å²) in [5.41, 5.74) is 1.14. The number of benzene rings is 1. The lowest BCUT2D eigenvalue weighted by Crippen LogP contribution is -2.45. The fourth-order valence-corrected chi connectivity index (χ4v) is 4.35.